The van der Waals surface area contributed by atoms with Crippen LogP contribution >= 0.6 is 12.2 Å². The van der Waals surface area contributed by atoms with Crippen LogP contribution in [0.4, 0.5) is 5.69 Å². The Kier molecular flexibility index (Phi) is 4.46. The minimum Gasteiger partial charge on any atom is -0.508 e. The van der Waals surface area contributed by atoms with E-state index >= 15 is 0 Å². The summed E-state index contributed by atoms with van der Waals surface area (Å²) in [6.07, 6.45) is 0. The van der Waals surface area contributed by atoms with Crippen LogP contribution in [0.1, 0.15) is 47.1 Å². The number of nitrogens with one attached hydrogen (secondary N) is 2. The number of anilines is 1. The first-order valence-electron chi connectivity index (χ1n) is 6.42. The van der Waals surface area contributed by atoms with Gasteiger partial charge < -0.3 is 15.7 Å². The van der Waals surface area contributed by atoms with Gasteiger partial charge in [0.2, 0.25) is 0 Å². The summed E-state index contributed by atoms with van der Waals surface area (Å²) in [4.78, 5) is 0. The van der Waals surface area contributed by atoms with E-state index in [1.165, 1.54) is 0 Å². The maximum atomic E-state index is 9.91. The molecule has 1 rings (SSSR count). The molecule has 0 spiro atoms. The van der Waals surface area contributed by atoms with Crippen molar-refractivity contribution >= 4 is 23.0 Å². The zero-order chi connectivity index (χ0) is 14.8. The summed E-state index contributed by atoms with van der Waals surface area (Å²) in [5.74, 6) is 0.313. The van der Waals surface area contributed by atoms with Gasteiger partial charge in [0.1, 0.15) is 5.75 Å². The maximum absolute atomic E-state index is 9.91. The molecule has 1 aromatic carbocycles. The number of benzene rings is 1. The summed E-state index contributed by atoms with van der Waals surface area (Å²) in [5, 5.41) is 16.8. The van der Waals surface area contributed by atoms with Crippen molar-refractivity contribution in [1.82, 2.24) is 5.32 Å². The first-order valence-corrected chi connectivity index (χ1v) is 6.82. The van der Waals surface area contributed by atoms with E-state index in [9.17, 15) is 5.11 Å². The molecule has 0 unspecified atom stereocenters. The van der Waals surface area contributed by atoms with Gasteiger partial charge in [0.15, 0.2) is 5.11 Å². The SMILES string of the molecule is CC(C)(C)NC(=S)Nc1ccc(O)c(C(C)(C)C)c1. The number of hydrogen-bond donors (Lipinski definition) is 3. The topological polar surface area (TPSA) is 44.3 Å². The largest absolute Gasteiger partial charge is 0.508 e. The van der Waals surface area contributed by atoms with E-state index in [4.69, 9.17) is 12.2 Å². The molecule has 0 saturated heterocycles. The Balaban J connectivity index is 2.89. The van der Waals surface area contributed by atoms with Crippen molar-refractivity contribution in [3.05, 3.63) is 23.8 Å². The molecule has 3 nitrogen and oxygen atoms in total. The van der Waals surface area contributed by atoms with E-state index in [0.717, 1.165) is 11.3 Å². The second-order valence-electron chi connectivity index (χ2n) is 6.81. The zero-order valence-electron chi connectivity index (χ0n) is 12.6. The molecule has 1 aromatic rings. The molecule has 3 N–H and O–H groups in total. The number of thiocarbonyl (C=S) groups is 1. The standard InChI is InChI=1S/C15H24N2OS/c1-14(2,3)11-9-10(7-8-12(11)18)16-13(19)17-15(4,5)6/h7-9,18H,1-6H3,(H2,16,17,19). The van der Waals surface area contributed by atoms with Gasteiger partial charge in [-0.1, -0.05) is 20.8 Å². The molecular weight excluding hydrogens is 256 g/mol. The van der Waals surface area contributed by atoms with Crippen molar-refractivity contribution in [2.75, 3.05) is 5.32 Å². The lowest BCUT2D eigenvalue weighted by atomic mass is 9.86. The molecule has 106 valence electrons. The molecule has 19 heavy (non-hydrogen) atoms. The molecule has 0 saturated carbocycles. The van der Waals surface area contributed by atoms with Gasteiger partial charge in [0.05, 0.1) is 0 Å². The Hall–Kier alpha value is -1.29. The smallest absolute Gasteiger partial charge is 0.171 e. The van der Waals surface area contributed by atoms with Crippen LogP contribution in [0.25, 0.3) is 0 Å². The summed E-state index contributed by atoms with van der Waals surface area (Å²) in [7, 11) is 0. The van der Waals surface area contributed by atoms with Gasteiger partial charge in [-0.15, -0.1) is 0 Å². The summed E-state index contributed by atoms with van der Waals surface area (Å²) < 4.78 is 0. The van der Waals surface area contributed by atoms with Crippen LogP contribution in [-0.2, 0) is 5.41 Å². The fraction of sp³-hybridized carbons (Fsp3) is 0.533. The molecule has 0 heterocycles. The lowest BCUT2D eigenvalue weighted by Crippen LogP contribution is -2.42. The second-order valence-corrected chi connectivity index (χ2v) is 7.22. The highest BCUT2D eigenvalue weighted by molar-refractivity contribution is 7.80. The Morgan fingerprint density at radius 2 is 1.68 bits per heavy atom. The van der Waals surface area contributed by atoms with E-state index in [1.807, 2.05) is 12.1 Å². The summed E-state index contributed by atoms with van der Waals surface area (Å²) in [6, 6.07) is 5.45. The highest BCUT2D eigenvalue weighted by Gasteiger charge is 2.19. The summed E-state index contributed by atoms with van der Waals surface area (Å²) in [6.45, 7) is 12.4. The molecule has 0 aromatic heterocycles. The van der Waals surface area contributed by atoms with Gasteiger partial charge >= 0.3 is 0 Å². The second kappa shape index (κ2) is 5.37. The molecule has 0 aliphatic carbocycles. The first kappa shape index (κ1) is 15.8. The average Bonchev–Trinajstić information content (AvgIpc) is 2.16. The van der Waals surface area contributed by atoms with Gasteiger partial charge in [-0.3, -0.25) is 0 Å². The van der Waals surface area contributed by atoms with E-state index in [-0.39, 0.29) is 11.0 Å². The van der Waals surface area contributed by atoms with Crippen LogP contribution in [0.5, 0.6) is 5.75 Å². The molecule has 0 fully saturated rings. The lowest BCUT2D eigenvalue weighted by Gasteiger charge is -2.24. The van der Waals surface area contributed by atoms with Gasteiger partial charge in [-0.2, -0.15) is 0 Å². The molecule has 0 aliphatic rings. The third-order valence-corrected chi connectivity index (χ3v) is 2.76. The lowest BCUT2D eigenvalue weighted by molar-refractivity contribution is 0.447. The third kappa shape index (κ3) is 5.07. The van der Waals surface area contributed by atoms with E-state index in [2.05, 4.69) is 52.2 Å². The quantitative estimate of drug-likeness (QED) is 0.541. The van der Waals surface area contributed by atoms with Crippen LogP contribution in [0, 0.1) is 0 Å². The van der Waals surface area contributed by atoms with Crippen molar-refractivity contribution in [2.45, 2.75) is 52.5 Å². The molecule has 0 aliphatic heterocycles. The number of hydrogen-bond acceptors (Lipinski definition) is 2. The molecule has 0 bridgehead atoms. The summed E-state index contributed by atoms with van der Waals surface area (Å²) >= 11 is 5.27. The van der Waals surface area contributed by atoms with E-state index in [1.54, 1.807) is 6.07 Å². The predicted octanol–water partition coefficient (Wildman–Crippen LogP) is 3.77. The van der Waals surface area contributed by atoms with Gasteiger partial charge in [-0.25, -0.2) is 0 Å². The van der Waals surface area contributed by atoms with Crippen LogP contribution in [0.15, 0.2) is 18.2 Å². The number of aromatic hydroxyl groups is 1. The van der Waals surface area contributed by atoms with Gasteiger partial charge in [0, 0.05) is 16.8 Å². The maximum Gasteiger partial charge on any atom is 0.171 e. The van der Waals surface area contributed by atoms with E-state index in [0.29, 0.717) is 10.9 Å². The fourth-order valence-corrected chi connectivity index (χ4v) is 2.14. The number of phenolic OH excluding ortho intramolecular Hbond substituents is 1. The zero-order valence-corrected chi connectivity index (χ0v) is 13.4. The number of phenols is 1. The molecule has 4 heteroatoms. The Bertz CT molecular complexity index is 470. The predicted molar refractivity (Wildman–Crippen MR) is 85.9 cm³/mol. The molecular formula is C15H24N2OS. The fourth-order valence-electron chi connectivity index (χ4n) is 1.72. The minimum absolute atomic E-state index is 0.0755. The average molecular weight is 280 g/mol. The highest BCUT2D eigenvalue weighted by atomic mass is 32.1. The Labute approximate surface area is 121 Å². The van der Waals surface area contributed by atoms with E-state index < -0.39 is 0 Å². The third-order valence-electron chi connectivity index (χ3n) is 2.55. The highest BCUT2D eigenvalue weighted by Crippen LogP contribution is 2.32. The van der Waals surface area contributed by atoms with Crippen molar-refractivity contribution in [2.24, 2.45) is 0 Å². The number of rotatable bonds is 1. The minimum atomic E-state index is -0.110. The van der Waals surface area contributed by atoms with Crippen molar-refractivity contribution in [1.29, 1.82) is 0 Å². The molecule has 0 radical (unpaired) electrons. The molecule has 0 atom stereocenters. The van der Waals surface area contributed by atoms with Crippen LogP contribution in [0.3, 0.4) is 0 Å². The Morgan fingerprint density at radius 3 is 2.16 bits per heavy atom. The van der Waals surface area contributed by atoms with Crippen LogP contribution in [-0.4, -0.2) is 15.8 Å². The molecule has 0 amide bonds. The summed E-state index contributed by atoms with van der Waals surface area (Å²) in [5.41, 5.74) is 1.59. The van der Waals surface area contributed by atoms with Crippen molar-refractivity contribution in [3.8, 4) is 5.75 Å². The van der Waals surface area contributed by atoms with Crippen molar-refractivity contribution < 1.29 is 5.11 Å². The van der Waals surface area contributed by atoms with Crippen LogP contribution in [0.2, 0.25) is 0 Å². The van der Waals surface area contributed by atoms with Gasteiger partial charge in [0.25, 0.3) is 0 Å². The van der Waals surface area contributed by atoms with Crippen molar-refractivity contribution in [3.63, 3.8) is 0 Å². The Morgan fingerprint density at radius 1 is 1.11 bits per heavy atom. The normalized spacial score (nSPS) is 12.1. The van der Waals surface area contributed by atoms with Gasteiger partial charge in [-0.05, 0) is 56.6 Å². The first-order chi connectivity index (χ1) is 8.49. The monoisotopic (exact) mass is 280 g/mol. The van der Waals surface area contributed by atoms with Crippen LogP contribution < -0.4 is 10.6 Å².